The molecule has 0 aliphatic heterocycles. The van der Waals surface area contributed by atoms with Crippen LogP contribution in [0.2, 0.25) is 0 Å². The third-order valence-electron chi connectivity index (χ3n) is 3.66. The van der Waals surface area contributed by atoms with Gasteiger partial charge in [0.2, 0.25) is 15.9 Å². The van der Waals surface area contributed by atoms with Crippen molar-refractivity contribution < 1.29 is 17.6 Å². The van der Waals surface area contributed by atoms with Gasteiger partial charge in [0.05, 0.1) is 21.4 Å². The Morgan fingerprint density at radius 1 is 1.33 bits per heavy atom. The predicted molar refractivity (Wildman–Crippen MR) is 106 cm³/mol. The van der Waals surface area contributed by atoms with Gasteiger partial charge in [-0.05, 0) is 42.8 Å². The largest absolute Gasteiger partial charge is 0.465 e. The number of nitrogens with one attached hydrogen (secondary N) is 2. The van der Waals surface area contributed by atoms with E-state index in [9.17, 15) is 13.2 Å². The number of nitrogens with zero attached hydrogens (tertiary/aromatic N) is 1. The van der Waals surface area contributed by atoms with Crippen LogP contribution in [0.3, 0.4) is 0 Å². The molecule has 27 heavy (non-hydrogen) atoms. The Bertz CT molecular complexity index is 1050. The van der Waals surface area contributed by atoms with Gasteiger partial charge in [-0.15, -0.1) is 0 Å². The Balaban J connectivity index is 1.73. The van der Waals surface area contributed by atoms with Crippen molar-refractivity contribution in [2.45, 2.75) is 24.7 Å². The summed E-state index contributed by atoms with van der Waals surface area (Å²) in [4.78, 5) is 16.5. The van der Waals surface area contributed by atoms with Crippen molar-refractivity contribution >= 4 is 48.7 Å². The normalized spacial score (nSPS) is 12.0. The molecule has 0 fully saturated rings. The topological polar surface area (TPSA) is 101 Å². The maximum atomic E-state index is 12.3. The van der Waals surface area contributed by atoms with E-state index in [0.29, 0.717) is 27.7 Å². The zero-order chi connectivity index (χ0) is 19.3. The number of benzene rings is 1. The highest BCUT2D eigenvalue weighted by Crippen LogP contribution is 2.28. The lowest BCUT2D eigenvalue weighted by Crippen LogP contribution is -2.24. The second-order valence-corrected chi connectivity index (χ2v) is 8.54. The molecular formula is C18H19N3O4S2. The lowest BCUT2D eigenvalue weighted by Gasteiger charge is -2.05. The Morgan fingerprint density at radius 3 is 2.93 bits per heavy atom. The lowest BCUT2D eigenvalue weighted by atomic mass is 10.3. The maximum absolute atomic E-state index is 12.3. The van der Waals surface area contributed by atoms with E-state index >= 15 is 0 Å². The average Bonchev–Trinajstić information content (AvgIpc) is 3.28. The molecule has 3 rings (SSSR count). The molecule has 0 unspecified atom stereocenters. The van der Waals surface area contributed by atoms with Gasteiger partial charge in [0.1, 0.15) is 5.76 Å². The van der Waals surface area contributed by atoms with Crippen molar-refractivity contribution in [1.29, 1.82) is 0 Å². The van der Waals surface area contributed by atoms with E-state index in [0.717, 1.165) is 12.8 Å². The van der Waals surface area contributed by atoms with Gasteiger partial charge in [0, 0.05) is 12.6 Å². The molecule has 0 bridgehead atoms. The lowest BCUT2D eigenvalue weighted by molar-refractivity contribution is -0.111. The van der Waals surface area contributed by atoms with Gasteiger partial charge in [0.15, 0.2) is 5.13 Å². The van der Waals surface area contributed by atoms with Gasteiger partial charge < -0.3 is 4.42 Å². The van der Waals surface area contributed by atoms with E-state index in [2.05, 4.69) is 15.0 Å². The SMILES string of the molecule is CCCCNS(=O)(=O)c1ccc2nc(NC(=O)C=Cc3ccco3)sc2c1. The van der Waals surface area contributed by atoms with Crippen LogP contribution in [0, 0.1) is 0 Å². The van der Waals surface area contributed by atoms with Crippen molar-refractivity contribution in [2.75, 3.05) is 11.9 Å². The molecule has 3 aromatic rings. The van der Waals surface area contributed by atoms with Crippen molar-refractivity contribution in [3.8, 4) is 0 Å². The zero-order valence-corrected chi connectivity index (χ0v) is 16.3. The van der Waals surface area contributed by atoms with Gasteiger partial charge in [-0.2, -0.15) is 0 Å². The maximum Gasteiger partial charge on any atom is 0.250 e. The molecule has 0 aliphatic rings. The third-order valence-corrected chi connectivity index (χ3v) is 6.06. The molecule has 9 heteroatoms. The van der Waals surface area contributed by atoms with E-state index in [1.54, 1.807) is 30.3 Å². The summed E-state index contributed by atoms with van der Waals surface area (Å²) in [6, 6.07) is 8.18. The molecule has 0 spiro atoms. The third kappa shape index (κ3) is 5.03. The van der Waals surface area contributed by atoms with E-state index < -0.39 is 10.0 Å². The molecule has 142 valence electrons. The number of sulfonamides is 1. The molecule has 0 saturated heterocycles. The Morgan fingerprint density at radius 2 is 2.19 bits per heavy atom. The first kappa shape index (κ1) is 19.3. The van der Waals surface area contributed by atoms with Gasteiger partial charge in [-0.3, -0.25) is 10.1 Å². The van der Waals surface area contributed by atoms with E-state index in [1.807, 2.05) is 6.92 Å². The van der Waals surface area contributed by atoms with Crippen LogP contribution >= 0.6 is 11.3 Å². The molecule has 7 nitrogen and oxygen atoms in total. The van der Waals surface area contributed by atoms with E-state index in [-0.39, 0.29) is 10.8 Å². The second-order valence-electron chi connectivity index (χ2n) is 5.74. The molecule has 0 saturated carbocycles. The van der Waals surface area contributed by atoms with E-state index in [1.165, 1.54) is 29.7 Å². The average molecular weight is 406 g/mol. The molecule has 2 aromatic heterocycles. The number of amides is 1. The number of hydrogen-bond donors (Lipinski definition) is 2. The number of hydrogen-bond acceptors (Lipinski definition) is 6. The van der Waals surface area contributed by atoms with Crippen LogP contribution in [0.5, 0.6) is 0 Å². The number of anilines is 1. The van der Waals surface area contributed by atoms with Crippen LogP contribution < -0.4 is 10.0 Å². The Labute approximate surface area is 161 Å². The molecule has 1 aromatic carbocycles. The van der Waals surface area contributed by atoms with Crippen LogP contribution in [0.4, 0.5) is 5.13 Å². The summed E-state index contributed by atoms with van der Waals surface area (Å²) in [5.74, 6) is 0.222. The molecule has 0 aliphatic carbocycles. The summed E-state index contributed by atoms with van der Waals surface area (Å²) >= 11 is 1.21. The number of furan rings is 1. The number of unbranched alkanes of at least 4 members (excludes halogenated alkanes) is 1. The molecular weight excluding hydrogens is 386 g/mol. The summed E-state index contributed by atoms with van der Waals surface area (Å²) in [5, 5.41) is 3.06. The fourth-order valence-corrected chi connectivity index (χ4v) is 4.37. The summed E-state index contributed by atoms with van der Waals surface area (Å²) < 4.78 is 33.0. The standard InChI is InChI=1S/C18H19N3O4S2/c1-2-3-10-19-27(23,24)14-7-8-15-16(12-14)26-18(20-15)21-17(22)9-6-13-5-4-11-25-13/h4-9,11-12,19H,2-3,10H2,1H3,(H,20,21,22). The monoisotopic (exact) mass is 405 g/mol. The minimum atomic E-state index is -3.55. The first-order valence-electron chi connectivity index (χ1n) is 8.41. The quantitative estimate of drug-likeness (QED) is 0.440. The number of rotatable bonds is 8. The van der Waals surface area contributed by atoms with Gasteiger partial charge in [-0.25, -0.2) is 18.1 Å². The van der Waals surface area contributed by atoms with Gasteiger partial charge in [0.25, 0.3) is 0 Å². The number of aromatic nitrogens is 1. The van der Waals surface area contributed by atoms with Crippen LogP contribution in [0.25, 0.3) is 16.3 Å². The zero-order valence-electron chi connectivity index (χ0n) is 14.6. The number of carbonyl (C=O) groups excluding carboxylic acids is 1. The Hall–Kier alpha value is -2.49. The first-order chi connectivity index (χ1) is 13.0. The van der Waals surface area contributed by atoms with E-state index in [4.69, 9.17) is 4.42 Å². The van der Waals surface area contributed by atoms with Crippen molar-refractivity contribution in [3.63, 3.8) is 0 Å². The van der Waals surface area contributed by atoms with Gasteiger partial charge >= 0.3 is 0 Å². The van der Waals surface area contributed by atoms with Crippen LogP contribution in [-0.2, 0) is 14.8 Å². The number of thiazole rings is 1. The van der Waals surface area contributed by atoms with Crippen molar-refractivity contribution in [2.24, 2.45) is 0 Å². The van der Waals surface area contributed by atoms with Crippen LogP contribution in [0.15, 0.2) is 52.0 Å². The summed E-state index contributed by atoms with van der Waals surface area (Å²) in [7, 11) is -3.55. The first-order valence-corrected chi connectivity index (χ1v) is 10.7. The fraction of sp³-hybridized carbons (Fsp3) is 0.222. The Kier molecular flexibility index (Phi) is 6.04. The molecule has 2 N–H and O–H groups in total. The number of carbonyl (C=O) groups is 1. The summed E-state index contributed by atoms with van der Waals surface area (Å²) in [6.45, 7) is 2.40. The van der Waals surface area contributed by atoms with Crippen LogP contribution in [-0.4, -0.2) is 25.9 Å². The highest BCUT2D eigenvalue weighted by molar-refractivity contribution is 7.89. The van der Waals surface area contributed by atoms with Crippen molar-refractivity contribution in [3.05, 3.63) is 48.4 Å². The summed E-state index contributed by atoms with van der Waals surface area (Å²) in [5.41, 5.74) is 0.623. The van der Waals surface area contributed by atoms with Gasteiger partial charge in [-0.1, -0.05) is 24.7 Å². The highest BCUT2D eigenvalue weighted by atomic mass is 32.2. The summed E-state index contributed by atoms with van der Waals surface area (Å²) in [6.07, 6.45) is 6.11. The predicted octanol–water partition coefficient (Wildman–Crippen LogP) is 3.62. The molecule has 1 amide bonds. The van der Waals surface area contributed by atoms with Crippen molar-refractivity contribution in [1.82, 2.24) is 9.71 Å². The molecule has 2 heterocycles. The minimum Gasteiger partial charge on any atom is -0.465 e. The van der Waals surface area contributed by atoms with Crippen LogP contribution in [0.1, 0.15) is 25.5 Å². The second kappa shape index (κ2) is 8.47. The molecule has 0 radical (unpaired) electrons. The smallest absolute Gasteiger partial charge is 0.250 e. The minimum absolute atomic E-state index is 0.186. The number of fused-ring (bicyclic) bond motifs is 1. The highest BCUT2D eigenvalue weighted by Gasteiger charge is 2.15. The fourth-order valence-electron chi connectivity index (χ4n) is 2.28. The molecule has 0 atom stereocenters.